The molecule has 1 atom stereocenters. The number of hydrogen-bond acceptors (Lipinski definition) is 3. The van der Waals surface area contributed by atoms with Crippen LogP contribution in [0.3, 0.4) is 0 Å². The first-order valence-electron chi connectivity index (χ1n) is 8.13. The van der Waals surface area contributed by atoms with Crippen molar-refractivity contribution in [1.29, 1.82) is 0 Å². The van der Waals surface area contributed by atoms with Gasteiger partial charge in [-0.15, -0.1) is 11.3 Å². The molecule has 1 saturated carbocycles. The molecule has 0 amide bonds. The van der Waals surface area contributed by atoms with Crippen LogP contribution in [0.5, 0.6) is 0 Å². The molecule has 2 nitrogen and oxygen atoms in total. The summed E-state index contributed by atoms with van der Waals surface area (Å²) in [4.78, 5) is 4.87. The van der Waals surface area contributed by atoms with Gasteiger partial charge in [-0.1, -0.05) is 46.5 Å². The Morgan fingerprint density at radius 1 is 1.25 bits per heavy atom. The third kappa shape index (κ3) is 4.29. The summed E-state index contributed by atoms with van der Waals surface area (Å²) < 4.78 is 0. The van der Waals surface area contributed by atoms with Crippen LogP contribution in [0, 0.1) is 5.92 Å². The van der Waals surface area contributed by atoms with E-state index >= 15 is 0 Å². The second-order valence-electron chi connectivity index (χ2n) is 7.23. The van der Waals surface area contributed by atoms with Crippen molar-refractivity contribution in [3.05, 3.63) is 16.1 Å². The largest absolute Gasteiger partial charge is 0.316 e. The number of thiazole rings is 1. The third-order valence-electron chi connectivity index (χ3n) is 4.55. The lowest BCUT2D eigenvalue weighted by Gasteiger charge is -2.25. The van der Waals surface area contributed by atoms with Gasteiger partial charge in [0.15, 0.2) is 0 Å². The van der Waals surface area contributed by atoms with Crippen LogP contribution in [-0.4, -0.2) is 18.1 Å². The van der Waals surface area contributed by atoms with Crippen LogP contribution in [0.2, 0.25) is 0 Å². The molecule has 0 saturated heterocycles. The highest BCUT2D eigenvalue weighted by Gasteiger charge is 2.24. The van der Waals surface area contributed by atoms with Gasteiger partial charge in [0, 0.05) is 23.3 Å². The fourth-order valence-electron chi connectivity index (χ4n) is 3.15. The van der Waals surface area contributed by atoms with E-state index in [1.807, 2.05) is 11.3 Å². The molecule has 1 fully saturated rings. The molecular formula is C17H30N2S. The Morgan fingerprint density at radius 3 is 2.40 bits per heavy atom. The Labute approximate surface area is 128 Å². The van der Waals surface area contributed by atoms with Crippen molar-refractivity contribution in [1.82, 2.24) is 10.3 Å². The number of nitrogens with zero attached hydrogens (tertiary/aromatic N) is 1. The summed E-state index contributed by atoms with van der Waals surface area (Å²) in [6, 6.07) is 0.604. The first kappa shape index (κ1) is 16.0. The molecule has 114 valence electrons. The van der Waals surface area contributed by atoms with Gasteiger partial charge in [-0.05, 0) is 25.8 Å². The predicted molar refractivity (Wildman–Crippen MR) is 88.6 cm³/mol. The molecular weight excluding hydrogens is 264 g/mol. The van der Waals surface area contributed by atoms with Gasteiger partial charge in [0.05, 0.1) is 10.7 Å². The quantitative estimate of drug-likeness (QED) is 0.825. The average Bonchev–Trinajstić information content (AvgIpc) is 2.71. The summed E-state index contributed by atoms with van der Waals surface area (Å²) in [5, 5.41) is 7.11. The fourth-order valence-corrected chi connectivity index (χ4v) is 4.24. The van der Waals surface area contributed by atoms with Gasteiger partial charge in [0.25, 0.3) is 0 Å². The van der Waals surface area contributed by atoms with Crippen molar-refractivity contribution in [3.63, 3.8) is 0 Å². The molecule has 2 rings (SSSR count). The highest BCUT2D eigenvalue weighted by atomic mass is 32.1. The van der Waals surface area contributed by atoms with Crippen molar-refractivity contribution >= 4 is 11.3 Å². The first-order chi connectivity index (χ1) is 9.50. The van der Waals surface area contributed by atoms with Crippen LogP contribution < -0.4 is 5.32 Å². The topological polar surface area (TPSA) is 24.9 Å². The lowest BCUT2D eigenvalue weighted by molar-refractivity contribution is 0.332. The molecule has 0 aliphatic heterocycles. The van der Waals surface area contributed by atoms with E-state index in [1.165, 1.54) is 49.2 Å². The molecule has 1 aliphatic carbocycles. The zero-order valence-electron chi connectivity index (χ0n) is 13.5. The Kier molecular flexibility index (Phi) is 5.62. The predicted octanol–water partition coefficient (Wildman–Crippen LogP) is 4.54. The Hall–Kier alpha value is -0.410. The molecule has 3 heteroatoms. The Balaban J connectivity index is 2.00. The second-order valence-corrected chi connectivity index (χ2v) is 8.17. The zero-order chi connectivity index (χ0) is 14.6. The summed E-state index contributed by atoms with van der Waals surface area (Å²) in [7, 11) is 2.12. The van der Waals surface area contributed by atoms with Crippen LogP contribution in [0.15, 0.2) is 5.38 Å². The normalized spacial score (nSPS) is 19.8. The van der Waals surface area contributed by atoms with E-state index in [4.69, 9.17) is 4.98 Å². The lowest BCUT2D eigenvalue weighted by atomic mass is 9.90. The molecule has 1 unspecified atom stereocenters. The number of hydrogen-bond donors (Lipinski definition) is 1. The van der Waals surface area contributed by atoms with E-state index in [0.29, 0.717) is 6.04 Å². The maximum Gasteiger partial charge on any atom is 0.0944 e. The van der Waals surface area contributed by atoms with Crippen molar-refractivity contribution in [2.45, 2.75) is 77.2 Å². The third-order valence-corrected chi connectivity index (χ3v) is 5.43. The minimum absolute atomic E-state index is 0.173. The van der Waals surface area contributed by atoms with E-state index in [0.717, 1.165) is 12.3 Å². The SMILES string of the molecule is CNC(Cc1nc(C(C)(C)C)cs1)C1CCCCCC1. The van der Waals surface area contributed by atoms with Crippen LogP contribution >= 0.6 is 11.3 Å². The Bertz CT molecular complexity index is 397. The van der Waals surface area contributed by atoms with Crippen molar-refractivity contribution in [2.75, 3.05) is 7.05 Å². The van der Waals surface area contributed by atoms with Gasteiger partial charge in [-0.25, -0.2) is 4.98 Å². The molecule has 0 aromatic carbocycles. The molecule has 20 heavy (non-hydrogen) atoms. The van der Waals surface area contributed by atoms with Gasteiger partial charge in [0.2, 0.25) is 0 Å². The number of rotatable bonds is 4. The van der Waals surface area contributed by atoms with Crippen LogP contribution in [-0.2, 0) is 11.8 Å². The second kappa shape index (κ2) is 7.04. The van der Waals surface area contributed by atoms with Gasteiger partial charge >= 0.3 is 0 Å². The molecule has 1 heterocycles. The molecule has 0 radical (unpaired) electrons. The highest BCUT2D eigenvalue weighted by molar-refractivity contribution is 7.09. The summed E-state index contributed by atoms with van der Waals surface area (Å²) in [6.45, 7) is 6.73. The molecule has 1 aromatic heterocycles. The molecule has 1 aromatic rings. The van der Waals surface area contributed by atoms with E-state index < -0.39 is 0 Å². The van der Waals surface area contributed by atoms with Crippen molar-refractivity contribution < 1.29 is 0 Å². The van der Waals surface area contributed by atoms with Gasteiger partial charge in [-0.2, -0.15) is 0 Å². The van der Waals surface area contributed by atoms with Crippen molar-refractivity contribution in [2.24, 2.45) is 5.92 Å². The van der Waals surface area contributed by atoms with E-state index in [9.17, 15) is 0 Å². The maximum absolute atomic E-state index is 4.87. The highest BCUT2D eigenvalue weighted by Crippen LogP contribution is 2.29. The van der Waals surface area contributed by atoms with Crippen LogP contribution in [0.1, 0.15) is 70.0 Å². The van der Waals surface area contributed by atoms with E-state index in [-0.39, 0.29) is 5.41 Å². The van der Waals surface area contributed by atoms with Gasteiger partial charge < -0.3 is 5.32 Å². The minimum atomic E-state index is 0.173. The average molecular weight is 295 g/mol. The fraction of sp³-hybridized carbons (Fsp3) is 0.824. The number of likely N-dealkylation sites (N-methyl/N-ethyl adjacent to an activating group) is 1. The van der Waals surface area contributed by atoms with Crippen molar-refractivity contribution in [3.8, 4) is 0 Å². The number of aromatic nitrogens is 1. The number of nitrogens with one attached hydrogen (secondary N) is 1. The van der Waals surface area contributed by atoms with Gasteiger partial charge in [-0.3, -0.25) is 0 Å². The Morgan fingerprint density at radius 2 is 1.90 bits per heavy atom. The standard InChI is InChI=1S/C17H30N2S/c1-17(2,3)15-12-20-16(19-15)11-14(18-4)13-9-7-5-6-8-10-13/h12-14,18H,5-11H2,1-4H3. The molecule has 0 spiro atoms. The molecule has 0 bridgehead atoms. The first-order valence-corrected chi connectivity index (χ1v) is 9.01. The smallest absolute Gasteiger partial charge is 0.0944 e. The van der Waals surface area contributed by atoms with E-state index in [1.54, 1.807) is 0 Å². The molecule has 1 aliphatic rings. The van der Waals surface area contributed by atoms with E-state index in [2.05, 4.69) is 38.5 Å². The maximum atomic E-state index is 4.87. The summed E-state index contributed by atoms with van der Waals surface area (Å²) in [6.07, 6.45) is 9.56. The summed E-state index contributed by atoms with van der Waals surface area (Å²) in [5.41, 5.74) is 1.42. The molecule has 1 N–H and O–H groups in total. The van der Waals surface area contributed by atoms with Crippen LogP contribution in [0.4, 0.5) is 0 Å². The van der Waals surface area contributed by atoms with Crippen LogP contribution in [0.25, 0.3) is 0 Å². The van der Waals surface area contributed by atoms with Gasteiger partial charge in [0.1, 0.15) is 0 Å². The zero-order valence-corrected chi connectivity index (χ0v) is 14.4. The lowest BCUT2D eigenvalue weighted by Crippen LogP contribution is -2.35. The summed E-state index contributed by atoms with van der Waals surface area (Å²) in [5.74, 6) is 0.837. The monoisotopic (exact) mass is 294 g/mol. The minimum Gasteiger partial charge on any atom is -0.316 e. The summed E-state index contributed by atoms with van der Waals surface area (Å²) >= 11 is 1.84.